The first-order valence-corrected chi connectivity index (χ1v) is 12.1. The smallest absolute Gasteiger partial charge is 0.262 e. The van der Waals surface area contributed by atoms with Gasteiger partial charge in [-0.2, -0.15) is 0 Å². The summed E-state index contributed by atoms with van der Waals surface area (Å²) >= 11 is 1.45. The van der Waals surface area contributed by atoms with Gasteiger partial charge in [-0.3, -0.25) is 14.2 Å². The predicted octanol–water partition coefficient (Wildman–Crippen LogP) is 3.47. The predicted molar refractivity (Wildman–Crippen MR) is 121 cm³/mol. The van der Waals surface area contributed by atoms with E-state index < -0.39 is 0 Å². The summed E-state index contributed by atoms with van der Waals surface area (Å²) in [6, 6.07) is 6.03. The molecule has 1 amide bonds. The molecule has 2 aliphatic heterocycles. The second kappa shape index (κ2) is 7.62. The van der Waals surface area contributed by atoms with Crippen molar-refractivity contribution < 1.29 is 14.3 Å². The minimum absolute atomic E-state index is 0.00688. The maximum Gasteiger partial charge on any atom is 0.262 e. The Morgan fingerprint density at radius 2 is 1.94 bits per heavy atom. The average Bonchev–Trinajstić information content (AvgIpc) is 3.48. The number of amides is 1. The molecule has 4 heterocycles. The summed E-state index contributed by atoms with van der Waals surface area (Å²) in [7, 11) is 0. The molecule has 1 fully saturated rings. The van der Waals surface area contributed by atoms with Crippen LogP contribution in [0.4, 0.5) is 0 Å². The Hall–Kier alpha value is -2.87. The highest BCUT2D eigenvalue weighted by molar-refractivity contribution is 7.16. The Morgan fingerprint density at radius 3 is 2.75 bits per heavy atom. The molecule has 166 valence electrons. The first kappa shape index (κ1) is 19.8. The molecule has 7 nitrogen and oxygen atoms in total. The molecule has 0 unspecified atom stereocenters. The van der Waals surface area contributed by atoms with Gasteiger partial charge in [0.25, 0.3) is 5.56 Å². The Kier molecular flexibility index (Phi) is 4.71. The lowest BCUT2D eigenvalue weighted by atomic mass is 9.73. The number of hydrogen-bond acceptors (Lipinski definition) is 6. The van der Waals surface area contributed by atoms with Gasteiger partial charge in [0.2, 0.25) is 5.91 Å². The number of rotatable bonds is 3. The minimum atomic E-state index is -0.0796. The van der Waals surface area contributed by atoms with E-state index in [9.17, 15) is 9.59 Å². The van der Waals surface area contributed by atoms with Crippen LogP contribution in [0.25, 0.3) is 10.2 Å². The van der Waals surface area contributed by atoms with Crippen LogP contribution in [-0.2, 0) is 23.3 Å². The second-order valence-corrected chi connectivity index (χ2v) is 9.92. The van der Waals surface area contributed by atoms with E-state index >= 15 is 0 Å². The van der Waals surface area contributed by atoms with E-state index in [1.165, 1.54) is 29.7 Å². The molecule has 0 atom stereocenters. The molecule has 0 radical (unpaired) electrons. The van der Waals surface area contributed by atoms with Gasteiger partial charge in [0, 0.05) is 31.5 Å². The molecule has 2 aromatic heterocycles. The monoisotopic (exact) mass is 451 g/mol. The van der Waals surface area contributed by atoms with Gasteiger partial charge < -0.3 is 14.4 Å². The van der Waals surface area contributed by atoms with Crippen LogP contribution in [0.2, 0.25) is 0 Å². The molecule has 32 heavy (non-hydrogen) atoms. The van der Waals surface area contributed by atoms with Crippen LogP contribution < -0.4 is 15.0 Å². The quantitative estimate of drug-likeness (QED) is 0.610. The molecule has 1 aliphatic carbocycles. The van der Waals surface area contributed by atoms with Crippen molar-refractivity contribution in [3.63, 3.8) is 0 Å². The third-order valence-corrected chi connectivity index (χ3v) is 7.95. The highest BCUT2D eigenvalue weighted by atomic mass is 32.1. The molecule has 1 aromatic carbocycles. The fraction of sp³-hybridized carbons (Fsp3) is 0.458. The van der Waals surface area contributed by atoms with Gasteiger partial charge >= 0.3 is 0 Å². The number of fused-ring (bicyclic) bond motifs is 4. The summed E-state index contributed by atoms with van der Waals surface area (Å²) in [4.78, 5) is 33.0. The molecule has 3 aliphatic rings. The van der Waals surface area contributed by atoms with Gasteiger partial charge in [-0.05, 0) is 47.5 Å². The van der Waals surface area contributed by atoms with Gasteiger partial charge in [-0.15, -0.1) is 11.3 Å². The highest BCUT2D eigenvalue weighted by Crippen LogP contribution is 2.49. The number of thiophene rings is 1. The van der Waals surface area contributed by atoms with E-state index in [0.717, 1.165) is 41.3 Å². The summed E-state index contributed by atoms with van der Waals surface area (Å²) in [5.41, 5.74) is 2.40. The fourth-order valence-electron chi connectivity index (χ4n) is 5.55. The van der Waals surface area contributed by atoms with Crippen molar-refractivity contribution in [1.82, 2.24) is 14.5 Å². The standard InChI is InChI=1S/C24H25N3O4S/c28-21(3-7-26-15-25-22-17(23(26)29)4-10-32-22)27-13-16-11-19-20(31-9-8-30-19)12-18(16)24(14-27)5-1-2-6-24/h4,10-12,15H,1-3,5-9,13-14H2. The lowest BCUT2D eigenvalue weighted by Gasteiger charge is -2.43. The number of aromatic nitrogens is 2. The molecule has 8 heteroatoms. The summed E-state index contributed by atoms with van der Waals surface area (Å²) in [5.74, 6) is 1.69. The number of carbonyl (C=O) groups is 1. The molecule has 0 bridgehead atoms. The minimum Gasteiger partial charge on any atom is -0.486 e. The van der Waals surface area contributed by atoms with E-state index in [-0.39, 0.29) is 23.3 Å². The largest absolute Gasteiger partial charge is 0.486 e. The van der Waals surface area contributed by atoms with Crippen molar-refractivity contribution in [3.05, 3.63) is 51.4 Å². The Balaban J connectivity index is 1.26. The van der Waals surface area contributed by atoms with Gasteiger partial charge in [0.15, 0.2) is 11.5 Å². The van der Waals surface area contributed by atoms with Gasteiger partial charge in [-0.1, -0.05) is 12.8 Å². The van der Waals surface area contributed by atoms with Crippen LogP contribution in [0.5, 0.6) is 11.5 Å². The first-order chi connectivity index (χ1) is 15.6. The van der Waals surface area contributed by atoms with Crippen LogP contribution in [0.15, 0.2) is 34.7 Å². The van der Waals surface area contributed by atoms with E-state index in [1.807, 2.05) is 10.3 Å². The first-order valence-electron chi connectivity index (χ1n) is 11.3. The van der Waals surface area contributed by atoms with Crippen molar-refractivity contribution in [3.8, 4) is 11.5 Å². The number of nitrogens with zero attached hydrogens (tertiary/aromatic N) is 3. The SMILES string of the molecule is O=C(CCn1cnc2sccc2c1=O)N1Cc2cc3c(cc2C2(CCCC2)C1)OCCO3. The zero-order chi connectivity index (χ0) is 21.7. The van der Waals surface area contributed by atoms with Crippen molar-refractivity contribution in [2.45, 2.75) is 50.6 Å². The number of benzene rings is 1. The van der Waals surface area contributed by atoms with E-state index in [4.69, 9.17) is 9.47 Å². The van der Waals surface area contributed by atoms with Crippen LogP contribution >= 0.6 is 11.3 Å². The molecular weight excluding hydrogens is 426 g/mol. The normalized spacial score (nSPS) is 18.8. The zero-order valence-electron chi connectivity index (χ0n) is 17.8. The Labute approximate surface area is 189 Å². The van der Waals surface area contributed by atoms with Crippen molar-refractivity contribution in [2.24, 2.45) is 0 Å². The number of hydrogen-bond donors (Lipinski definition) is 0. The van der Waals surface area contributed by atoms with Crippen LogP contribution in [-0.4, -0.2) is 40.1 Å². The fourth-order valence-corrected chi connectivity index (χ4v) is 6.27. The van der Waals surface area contributed by atoms with Crippen molar-refractivity contribution in [2.75, 3.05) is 19.8 Å². The van der Waals surface area contributed by atoms with Gasteiger partial charge in [0.05, 0.1) is 11.7 Å². The third-order valence-electron chi connectivity index (χ3n) is 7.12. The molecular formula is C24H25N3O4S. The van der Waals surface area contributed by atoms with E-state index in [2.05, 4.69) is 17.1 Å². The number of carbonyl (C=O) groups excluding carboxylic acids is 1. The summed E-state index contributed by atoms with van der Waals surface area (Å²) < 4.78 is 13.2. The summed E-state index contributed by atoms with van der Waals surface area (Å²) in [5, 5.41) is 2.49. The third kappa shape index (κ3) is 3.20. The number of aryl methyl sites for hydroxylation is 1. The molecule has 6 rings (SSSR count). The number of ether oxygens (including phenoxy) is 2. The second-order valence-electron chi connectivity index (χ2n) is 9.02. The zero-order valence-corrected chi connectivity index (χ0v) is 18.7. The van der Waals surface area contributed by atoms with Crippen molar-refractivity contribution in [1.29, 1.82) is 0 Å². The van der Waals surface area contributed by atoms with E-state index in [1.54, 1.807) is 17.0 Å². The summed E-state index contributed by atoms with van der Waals surface area (Å²) in [6.07, 6.45) is 6.37. The lowest BCUT2D eigenvalue weighted by Crippen LogP contribution is -2.47. The van der Waals surface area contributed by atoms with Crippen LogP contribution in [0, 0.1) is 0 Å². The molecule has 0 N–H and O–H groups in total. The molecule has 0 saturated heterocycles. The maximum absolute atomic E-state index is 13.3. The van der Waals surface area contributed by atoms with Gasteiger partial charge in [0.1, 0.15) is 18.0 Å². The van der Waals surface area contributed by atoms with Gasteiger partial charge in [-0.25, -0.2) is 4.98 Å². The average molecular weight is 452 g/mol. The summed E-state index contributed by atoms with van der Waals surface area (Å²) in [6.45, 7) is 2.78. The maximum atomic E-state index is 13.3. The topological polar surface area (TPSA) is 73.7 Å². The Bertz CT molecular complexity index is 1260. The lowest BCUT2D eigenvalue weighted by molar-refractivity contribution is -0.133. The van der Waals surface area contributed by atoms with Crippen molar-refractivity contribution >= 4 is 27.5 Å². The van der Waals surface area contributed by atoms with Crippen LogP contribution in [0.1, 0.15) is 43.2 Å². The molecule has 1 spiro atoms. The van der Waals surface area contributed by atoms with Crippen LogP contribution in [0.3, 0.4) is 0 Å². The molecule has 1 saturated carbocycles. The van der Waals surface area contributed by atoms with E-state index in [0.29, 0.717) is 31.7 Å². The molecule has 3 aromatic rings. The highest BCUT2D eigenvalue weighted by Gasteiger charge is 2.43. The Morgan fingerprint density at radius 1 is 1.16 bits per heavy atom.